The molecule has 0 radical (unpaired) electrons. The number of pyridine rings is 1. The highest BCUT2D eigenvalue weighted by atomic mass is 35.5. The zero-order chi connectivity index (χ0) is 15.5. The maximum atomic E-state index is 5.61. The zero-order valence-electron chi connectivity index (χ0n) is 13.6. The highest BCUT2D eigenvalue weighted by molar-refractivity contribution is 5.94. The minimum Gasteiger partial charge on any atom is -0.494 e. The van der Waals surface area contributed by atoms with E-state index in [0.717, 1.165) is 33.7 Å². The molecule has 0 saturated carbocycles. The van der Waals surface area contributed by atoms with Crippen LogP contribution in [-0.4, -0.2) is 11.6 Å². The molecule has 3 nitrogen and oxygen atoms in total. The second kappa shape index (κ2) is 7.34. The molecule has 0 fully saturated rings. The number of nitrogens with zero attached hydrogens (tertiary/aromatic N) is 1. The van der Waals surface area contributed by atoms with Crippen molar-refractivity contribution in [3.63, 3.8) is 0 Å². The SMILES string of the molecule is CCOc1ccc2nc(C)cc(Nc3cccc(C)c3)c2c1.Cl. The minimum atomic E-state index is 0. The Morgan fingerprint density at radius 1 is 1.04 bits per heavy atom. The van der Waals surface area contributed by atoms with Gasteiger partial charge in [0.05, 0.1) is 12.1 Å². The van der Waals surface area contributed by atoms with E-state index in [9.17, 15) is 0 Å². The van der Waals surface area contributed by atoms with Gasteiger partial charge in [-0.1, -0.05) is 12.1 Å². The molecule has 0 atom stereocenters. The van der Waals surface area contributed by atoms with E-state index in [2.05, 4.69) is 47.6 Å². The van der Waals surface area contributed by atoms with E-state index in [1.807, 2.05) is 32.0 Å². The van der Waals surface area contributed by atoms with Crippen LogP contribution in [0.25, 0.3) is 10.9 Å². The lowest BCUT2D eigenvalue weighted by atomic mass is 10.1. The van der Waals surface area contributed by atoms with Crippen molar-refractivity contribution >= 4 is 34.7 Å². The Bertz CT molecular complexity index is 818. The second-order valence-corrected chi connectivity index (χ2v) is 5.42. The van der Waals surface area contributed by atoms with E-state index in [-0.39, 0.29) is 12.4 Å². The topological polar surface area (TPSA) is 34.1 Å². The predicted octanol–water partition coefficient (Wildman–Crippen LogP) is 5.42. The quantitative estimate of drug-likeness (QED) is 0.694. The molecule has 0 aliphatic rings. The summed E-state index contributed by atoms with van der Waals surface area (Å²) in [6.45, 7) is 6.75. The van der Waals surface area contributed by atoms with Crippen molar-refractivity contribution in [2.75, 3.05) is 11.9 Å². The molecule has 3 aromatic rings. The van der Waals surface area contributed by atoms with Gasteiger partial charge in [0, 0.05) is 22.5 Å². The maximum absolute atomic E-state index is 5.61. The number of anilines is 2. The van der Waals surface area contributed by atoms with E-state index in [1.54, 1.807) is 0 Å². The number of hydrogen-bond donors (Lipinski definition) is 1. The zero-order valence-corrected chi connectivity index (χ0v) is 14.4. The van der Waals surface area contributed by atoms with Gasteiger partial charge in [0.15, 0.2) is 0 Å². The summed E-state index contributed by atoms with van der Waals surface area (Å²) in [4.78, 5) is 4.60. The fourth-order valence-electron chi connectivity index (χ4n) is 2.58. The number of ether oxygens (including phenoxy) is 1. The predicted molar refractivity (Wildman–Crippen MR) is 99.4 cm³/mol. The molecule has 0 unspecified atom stereocenters. The first kappa shape index (κ1) is 17.1. The largest absolute Gasteiger partial charge is 0.494 e. The van der Waals surface area contributed by atoms with E-state index >= 15 is 0 Å². The average Bonchev–Trinajstić information content (AvgIpc) is 2.48. The van der Waals surface area contributed by atoms with Crippen molar-refractivity contribution < 1.29 is 4.74 Å². The van der Waals surface area contributed by atoms with Gasteiger partial charge in [-0.3, -0.25) is 4.98 Å². The molecule has 0 amide bonds. The Kier molecular flexibility index (Phi) is 5.45. The number of nitrogens with one attached hydrogen (secondary N) is 1. The van der Waals surface area contributed by atoms with Gasteiger partial charge in [-0.15, -0.1) is 12.4 Å². The summed E-state index contributed by atoms with van der Waals surface area (Å²) in [5.41, 5.74) is 5.32. The fraction of sp³-hybridized carbons (Fsp3) is 0.211. The summed E-state index contributed by atoms with van der Waals surface area (Å²) < 4.78 is 5.61. The lowest BCUT2D eigenvalue weighted by molar-refractivity contribution is 0.340. The van der Waals surface area contributed by atoms with Crippen LogP contribution in [0.3, 0.4) is 0 Å². The van der Waals surface area contributed by atoms with Crippen molar-refractivity contribution in [1.29, 1.82) is 0 Å². The summed E-state index contributed by atoms with van der Waals surface area (Å²) in [5.74, 6) is 0.868. The molecular weight excluding hydrogens is 308 g/mol. The smallest absolute Gasteiger partial charge is 0.120 e. The van der Waals surface area contributed by atoms with Crippen LogP contribution in [0.5, 0.6) is 5.75 Å². The van der Waals surface area contributed by atoms with Crippen molar-refractivity contribution in [2.24, 2.45) is 0 Å². The fourth-order valence-corrected chi connectivity index (χ4v) is 2.58. The lowest BCUT2D eigenvalue weighted by Crippen LogP contribution is -1.96. The third-order valence-electron chi connectivity index (χ3n) is 3.52. The molecule has 1 aromatic heterocycles. The van der Waals surface area contributed by atoms with Crippen LogP contribution in [0.1, 0.15) is 18.2 Å². The van der Waals surface area contributed by atoms with Gasteiger partial charge in [-0.2, -0.15) is 0 Å². The van der Waals surface area contributed by atoms with E-state index < -0.39 is 0 Å². The number of halogens is 1. The first-order valence-electron chi connectivity index (χ1n) is 7.53. The molecule has 0 aliphatic carbocycles. The molecule has 0 spiro atoms. The molecule has 120 valence electrons. The molecule has 23 heavy (non-hydrogen) atoms. The van der Waals surface area contributed by atoms with Gasteiger partial charge in [0.2, 0.25) is 0 Å². The Morgan fingerprint density at radius 3 is 2.61 bits per heavy atom. The van der Waals surface area contributed by atoms with Crippen molar-refractivity contribution in [1.82, 2.24) is 4.98 Å². The molecule has 3 rings (SSSR count). The first-order chi connectivity index (χ1) is 10.7. The summed E-state index contributed by atoms with van der Waals surface area (Å²) in [5, 5.41) is 4.57. The monoisotopic (exact) mass is 328 g/mol. The van der Waals surface area contributed by atoms with Crippen LogP contribution in [0.2, 0.25) is 0 Å². The maximum Gasteiger partial charge on any atom is 0.120 e. The molecule has 0 saturated heterocycles. The molecule has 2 aromatic carbocycles. The van der Waals surface area contributed by atoms with Gasteiger partial charge < -0.3 is 10.1 Å². The van der Waals surface area contributed by atoms with Crippen LogP contribution in [0.15, 0.2) is 48.5 Å². The molecule has 1 N–H and O–H groups in total. The van der Waals surface area contributed by atoms with Gasteiger partial charge in [-0.25, -0.2) is 0 Å². The summed E-state index contributed by atoms with van der Waals surface area (Å²) >= 11 is 0. The van der Waals surface area contributed by atoms with Crippen LogP contribution < -0.4 is 10.1 Å². The highest BCUT2D eigenvalue weighted by Gasteiger charge is 2.06. The number of aromatic nitrogens is 1. The Balaban J connectivity index is 0.00000192. The number of rotatable bonds is 4. The Hall–Kier alpha value is -2.26. The number of aryl methyl sites for hydroxylation is 2. The van der Waals surface area contributed by atoms with Gasteiger partial charge >= 0.3 is 0 Å². The lowest BCUT2D eigenvalue weighted by Gasteiger charge is -2.12. The van der Waals surface area contributed by atoms with E-state index in [1.165, 1.54) is 5.56 Å². The van der Waals surface area contributed by atoms with E-state index in [4.69, 9.17) is 4.74 Å². The third kappa shape index (κ3) is 3.93. The first-order valence-corrected chi connectivity index (χ1v) is 7.53. The van der Waals surface area contributed by atoms with Crippen molar-refractivity contribution in [2.45, 2.75) is 20.8 Å². The van der Waals surface area contributed by atoms with E-state index in [0.29, 0.717) is 6.61 Å². The van der Waals surface area contributed by atoms with Crippen LogP contribution >= 0.6 is 12.4 Å². The summed E-state index contributed by atoms with van der Waals surface area (Å²) in [6, 6.07) is 16.4. The number of fused-ring (bicyclic) bond motifs is 1. The van der Waals surface area contributed by atoms with Crippen LogP contribution in [0.4, 0.5) is 11.4 Å². The number of benzene rings is 2. The normalized spacial score (nSPS) is 10.2. The molecule has 4 heteroatoms. The molecular formula is C19H21ClN2O. The Labute approximate surface area is 143 Å². The number of hydrogen-bond acceptors (Lipinski definition) is 3. The van der Waals surface area contributed by atoms with Gasteiger partial charge in [-0.05, 0) is 62.7 Å². The van der Waals surface area contributed by atoms with Gasteiger partial charge in [0.25, 0.3) is 0 Å². The molecule has 1 heterocycles. The highest BCUT2D eigenvalue weighted by Crippen LogP contribution is 2.29. The van der Waals surface area contributed by atoms with Crippen molar-refractivity contribution in [3.05, 3.63) is 59.8 Å². The standard InChI is InChI=1S/C19H20N2O.ClH/c1-4-22-16-8-9-18-17(12-16)19(11-14(3)20-18)21-15-7-5-6-13(2)10-15;/h5-12H,4H2,1-3H3,(H,20,21);1H. The second-order valence-electron chi connectivity index (χ2n) is 5.42. The average molecular weight is 329 g/mol. The third-order valence-corrected chi connectivity index (χ3v) is 3.52. The van der Waals surface area contributed by atoms with Gasteiger partial charge in [0.1, 0.15) is 5.75 Å². The molecule has 0 bridgehead atoms. The summed E-state index contributed by atoms with van der Waals surface area (Å²) in [6.07, 6.45) is 0. The van der Waals surface area contributed by atoms with Crippen LogP contribution in [-0.2, 0) is 0 Å². The molecule has 0 aliphatic heterocycles. The Morgan fingerprint density at radius 2 is 1.87 bits per heavy atom. The summed E-state index contributed by atoms with van der Waals surface area (Å²) in [7, 11) is 0. The van der Waals surface area contributed by atoms with Crippen LogP contribution in [0, 0.1) is 13.8 Å². The van der Waals surface area contributed by atoms with Crippen molar-refractivity contribution in [3.8, 4) is 5.75 Å². The minimum absolute atomic E-state index is 0.